The normalized spacial score (nSPS) is 10.3. The molecule has 24 heavy (non-hydrogen) atoms. The molecule has 0 bridgehead atoms. The van der Waals surface area contributed by atoms with Crippen LogP contribution < -0.4 is 10.6 Å². The van der Waals surface area contributed by atoms with E-state index in [2.05, 4.69) is 43.8 Å². The van der Waals surface area contributed by atoms with Crippen LogP contribution in [0.2, 0.25) is 0 Å². The number of amides is 1. The van der Waals surface area contributed by atoms with Crippen molar-refractivity contribution in [1.82, 2.24) is 20.4 Å². The van der Waals surface area contributed by atoms with Crippen molar-refractivity contribution in [3.8, 4) is 0 Å². The fourth-order valence-corrected chi connectivity index (χ4v) is 2.96. The Morgan fingerprint density at radius 1 is 1.29 bits per heavy atom. The first-order valence-corrected chi connectivity index (χ1v) is 8.59. The maximum Gasteiger partial charge on any atom is 0.255 e. The van der Waals surface area contributed by atoms with Crippen LogP contribution in [0.15, 0.2) is 28.7 Å². The van der Waals surface area contributed by atoms with Gasteiger partial charge in [-0.05, 0) is 38.1 Å². The lowest BCUT2D eigenvalue weighted by Gasteiger charge is -2.07. The molecule has 0 saturated carbocycles. The molecule has 5 nitrogen and oxygen atoms in total. The van der Waals surface area contributed by atoms with Crippen LogP contribution in [0.3, 0.4) is 0 Å². The highest BCUT2D eigenvalue weighted by Crippen LogP contribution is 2.17. The van der Waals surface area contributed by atoms with Crippen molar-refractivity contribution in [3.63, 3.8) is 0 Å². The van der Waals surface area contributed by atoms with E-state index in [1.807, 2.05) is 37.6 Å². The number of nitrogens with zero attached hydrogens (tertiary/aromatic N) is 2. The molecule has 1 aromatic heterocycles. The maximum absolute atomic E-state index is 12.4. The molecule has 0 atom stereocenters. The molecule has 0 radical (unpaired) electrons. The third-order valence-corrected chi connectivity index (χ3v) is 4.16. The van der Waals surface area contributed by atoms with Gasteiger partial charge in [0.05, 0.1) is 17.8 Å². The Bertz CT molecular complexity index is 687. The summed E-state index contributed by atoms with van der Waals surface area (Å²) in [7, 11) is 0. The van der Waals surface area contributed by atoms with E-state index >= 15 is 0 Å². The Morgan fingerprint density at radius 3 is 2.71 bits per heavy atom. The highest BCUT2D eigenvalue weighted by Gasteiger charge is 2.18. The lowest BCUT2D eigenvalue weighted by atomic mass is 10.1. The Kier molecular flexibility index (Phi) is 8.45. The van der Waals surface area contributed by atoms with Gasteiger partial charge in [0.2, 0.25) is 0 Å². The molecular weight excluding hydrogens is 392 g/mol. The van der Waals surface area contributed by atoms with E-state index in [1.165, 1.54) is 0 Å². The van der Waals surface area contributed by atoms with E-state index in [-0.39, 0.29) is 18.3 Å². The SMILES string of the molecule is CCNCCNC(=O)c1c(C)nn(Cc2cccc(Br)c2)c1C.Cl. The van der Waals surface area contributed by atoms with Gasteiger partial charge >= 0.3 is 0 Å². The number of aromatic nitrogens is 2. The number of carbonyl (C=O) groups is 1. The molecule has 0 spiro atoms. The fraction of sp³-hybridized carbons (Fsp3) is 0.412. The minimum atomic E-state index is -0.0570. The van der Waals surface area contributed by atoms with Crippen LogP contribution in [0.4, 0.5) is 0 Å². The Balaban J connectivity index is 0.00000288. The van der Waals surface area contributed by atoms with Gasteiger partial charge in [-0.3, -0.25) is 9.48 Å². The van der Waals surface area contributed by atoms with Gasteiger partial charge in [0.15, 0.2) is 0 Å². The molecule has 132 valence electrons. The molecule has 0 fully saturated rings. The third kappa shape index (κ3) is 5.33. The van der Waals surface area contributed by atoms with Crippen molar-refractivity contribution in [2.45, 2.75) is 27.3 Å². The van der Waals surface area contributed by atoms with Crippen LogP contribution in [0.25, 0.3) is 0 Å². The largest absolute Gasteiger partial charge is 0.351 e. The zero-order valence-electron chi connectivity index (χ0n) is 14.2. The highest BCUT2D eigenvalue weighted by atomic mass is 79.9. The molecular formula is C17H24BrClN4O. The number of halogens is 2. The summed E-state index contributed by atoms with van der Waals surface area (Å²) in [6, 6.07) is 8.11. The molecule has 0 saturated heterocycles. The van der Waals surface area contributed by atoms with Gasteiger partial charge in [-0.15, -0.1) is 12.4 Å². The smallest absolute Gasteiger partial charge is 0.255 e. The molecule has 2 N–H and O–H groups in total. The van der Waals surface area contributed by atoms with Crippen molar-refractivity contribution >= 4 is 34.2 Å². The van der Waals surface area contributed by atoms with Crippen LogP contribution in [0, 0.1) is 13.8 Å². The van der Waals surface area contributed by atoms with Gasteiger partial charge < -0.3 is 10.6 Å². The van der Waals surface area contributed by atoms with Gasteiger partial charge in [0, 0.05) is 23.3 Å². The first-order chi connectivity index (χ1) is 11.0. The predicted molar refractivity (Wildman–Crippen MR) is 103 cm³/mol. The summed E-state index contributed by atoms with van der Waals surface area (Å²) in [5.41, 5.74) is 3.47. The summed E-state index contributed by atoms with van der Waals surface area (Å²) in [5.74, 6) is -0.0570. The molecule has 0 unspecified atom stereocenters. The molecule has 0 aliphatic rings. The van der Waals surface area contributed by atoms with E-state index in [1.54, 1.807) is 0 Å². The fourth-order valence-electron chi connectivity index (χ4n) is 2.52. The number of hydrogen-bond acceptors (Lipinski definition) is 3. The lowest BCUT2D eigenvalue weighted by Crippen LogP contribution is -2.32. The predicted octanol–water partition coefficient (Wildman–Crippen LogP) is 3.07. The van der Waals surface area contributed by atoms with Gasteiger partial charge in [-0.25, -0.2) is 0 Å². The second kappa shape index (κ2) is 9.81. The number of rotatable bonds is 7. The summed E-state index contributed by atoms with van der Waals surface area (Å²) in [5, 5.41) is 10.7. The topological polar surface area (TPSA) is 58.9 Å². The summed E-state index contributed by atoms with van der Waals surface area (Å²) in [4.78, 5) is 12.4. The molecule has 0 aliphatic carbocycles. The summed E-state index contributed by atoms with van der Waals surface area (Å²) >= 11 is 3.48. The summed E-state index contributed by atoms with van der Waals surface area (Å²) in [6.07, 6.45) is 0. The average molecular weight is 416 g/mol. The number of benzene rings is 1. The summed E-state index contributed by atoms with van der Waals surface area (Å²) < 4.78 is 2.92. The Hall–Kier alpha value is -1.37. The van der Waals surface area contributed by atoms with Gasteiger partial charge in [-0.1, -0.05) is 35.0 Å². The van der Waals surface area contributed by atoms with Crippen molar-refractivity contribution in [3.05, 3.63) is 51.3 Å². The third-order valence-electron chi connectivity index (χ3n) is 3.67. The lowest BCUT2D eigenvalue weighted by molar-refractivity contribution is 0.0952. The number of aryl methyl sites for hydroxylation is 1. The molecule has 0 aliphatic heterocycles. The second-order valence-corrected chi connectivity index (χ2v) is 6.36. The van der Waals surface area contributed by atoms with E-state index in [0.29, 0.717) is 18.7 Å². The second-order valence-electron chi connectivity index (χ2n) is 5.44. The van der Waals surface area contributed by atoms with Crippen LogP contribution in [0.1, 0.15) is 34.2 Å². The minimum absolute atomic E-state index is 0. The molecule has 1 amide bonds. The molecule has 1 heterocycles. The van der Waals surface area contributed by atoms with E-state index in [9.17, 15) is 4.79 Å². The van der Waals surface area contributed by atoms with E-state index < -0.39 is 0 Å². The van der Waals surface area contributed by atoms with E-state index in [0.717, 1.165) is 34.5 Å². The Labute approximate surface area is 157 Å². The van der Waals surface area contributed by atoms with Crippen LogP contribution >= 0.6 is 28.3 Å². The van der Waals surface area contributed by atoms with Gasteiger partial charge in [-0.2, -0.15) is 5.10 Å². The first-order valence-electron chi connectivity index (χ1n) is 7.80. The molecule has 2 aromatic rings. The van der Waals surface area contributed by atoms with Crippen molar-refractivity contribution in [1.29, 1.82) is 0 Å². The maximum atomic E-state index is 12.4. The first kappa shape index (κ1) is 20.7. The highest BCUT2D eigenvalue weighted by molar-refractivity contribution is 9.10. The van der Waals surface area contributed by atoms with Crippen molar-refractivity contribution in [2.24, 2.45) is 0 Å². The number of hydrogen-bond donors (Lipinski definition) is 2. The number of nitrogens with one attached hydrogen (secondary N) is 2. The average Bonchev–Trinajstić information content (AvgIpc) is 2.78. The number of carbonyl (C=O) groups excluding carboxylic acids is 1. The van der Waals surface area contributed by atoms with Crippen LogP contribution in [0.5, 0.6) is 0 Å². The standard InChI is InChI=1S/C17H23BrN4O.ClH/c1-4-19-8-9-20-17(23)16-12(2)21-22(13(16)3)11-14-6-5-7-15(18)10-14;/h5-7,10,19H,4,8-9,11H2,1-3H3,(H,20,23);1H. The molecule has 1 aromatic carbocycles. The molecule has 2 rings (SSSR count). The van der Waals surface area contributed by atoms with Crippen LogP contribution in [-0.4, -0.2) is 35.3 Å². The summed E-state index contributed by atoms with van der Waals surface area (Å²) in [6.45, 7) is 8.80. The number of likely N-dealkylation sites (N-methyl/N-ethyl adjacent to an activating group) is 1. The van der Waals surface area contributed by atoms with Crippen LogP contribution in [-0.2, 0) is 6.54 Å². The molecule has 7 heteroatoms. The zero-order chi connectivity index (χ0) is 16.8. The van der Waals surface area contributed by atoms with Gasteiger partial charge in [0.1, 0.15) is 0 Å². The van der Waals surface area contributed by atoms with E-state index in [4.69, 9.17) is 0 Å². The quantitative estimate of drug-likeness (QED) is 0.683. The monoisotopic (exact) mass is 414 g/mol. The van der Waals surface area contributed by atoms with Gasteiger partial charge in [0.25, 0.3) is 5.91 Å². The Morgan fingerprint density at radius 2 is 2.04 bits per heavy atom. The van der Waals surface area contributed by atoms with Crippen molar-refractivity contribution < 1.29 is 4.79 Å². The minimum Gasteiger partial charge on any atom is -0.351 e. The zero-order valence-corrected chi connectivity index (χ0v) is 16.6. The van der Waals surface area contributed by atoms with Crippen molar-refractivity contribution in [2.75, 3.05) is 19.6 Å².